The lowest BCUT2D eigenvalue weighted by atomic mass is 9.89. The Hall–Kier alpha value is -1.41. The molecule has 0 spiro atoms. The maximum absolute atomic E-state index is 11.7. The van der Waals surface area contributed by atoms with Crippen LogP contribution in [-0.4, -0.2) is 10.8 Å². The van der Waals surface area contributed by atoms with Crippen molar-refractivity contribution in [3.05, 3.63) is 39.5 Å². The number of rotatable bonds is 1. The number of pyridine rings is 1. The molecule has 1 heterocycles. The van der Waals surface area contributed by atoms with Gasteiger partial charge in [-0.15, -0.1) is 0 Å². The molecule has 1 aromatic carbocycles. The summed E-state index contributed by atoms with van der Waals surface area (Å²) in [5, 5.41) is 1.39. The van der Waals surface area contributed by atoms with Gasteiger partial charge in [-0.25, -0.2) is 4.98 Å². The second-order valence-corrected chi connectivity index (χ2v) is 5.66. The van der Waals surface area contributed by atoms with E-state index in [9.17, 15) is 4.79 Å². The van der Waals surface area contributed by atoms with Crippen LogP contribution in [0.4, 0.5) is 0 Å². The van der Waals surface area contributed by atoms with Gasteiger partial charge >= 0.3 is 0 Å². The van der Waals surface area contributed by atoms with Gasteiger partial charge in [0.05, 0.1) is 11.1 Å². The Bertz CT molecular complexity index is 691. The highest BCUT2D eigenvalue weighted by Gasteiger charge is 2.17. The summed E-state index contributed by atoms with van der Waals surface area (Å²) in [7, 11) is 0. The number of fused-ring (bicyclic) bond motifs is 2. The predicted octanol–water partition coefficient (Wildman–Crippen LogP) is 4.28. The van der Waals surface area contributed by atoms with Gasteiger partial charge in [-0.05, 0) is 68.4 Å². The molecule has 0 fully saturated rings. The van der Waals surface area contributed by atoms with Gasteiger partial charge in [0.1, 0.15) is 5.15 Å². The first-order chi connectivity index (χ1) is 9.08. The standard InChI is InChI=1S/C16H16ClNO/c1-9-13-7-11-5-3-4-6-12(11)8-14(13)18-16(17)15(9)10(2)19/h7-8H,3-6H2,1-2H3. The monoisotopic (exact) mass is 273 g/mol. The zero-order chi connectivity index (χ0) is 13.6. The number of carbonyl (C=O) groups excluding carboxylic acids is 1. The topological polar surface area (TPSA) is 30.0 Å². The van der Waals surface area contributed by atoms with Crippen LogP contribution in [0.25, 0.3) is 10.9 Å². The number of benzene rings is 1. The average molecular weight is 274 g/mol. The zero-order valence-corrected chi connectivity index (χ0v) is 12.0. The Kier molecular flexibility index (Phi) is 3.06. The molecule has 0 amide bonds. The summed E-state index contributed by atoms with van der Waals surface area (Å²) >= 11 is 6.15. The lowest BCUT2D eigenvalue weighted by Crippen LogP contribution is -2.05. The van der Waals surface area contributed by atoms with Crippen molar-refractivity contribution in [3.63, 3.8) is 0 Å². The zero-order valence-electron chi connectivity index (χ0n) is 11.2. The van der Waals surface area contributed by atoms with Crippen molar-refractivity contribution in [3.8, 4) is 0 Å². The van der Waals surface area contributed by atoms with Crippen LogP contribution in [0.2, 0.25) is 5.15 Å². The van der Waals surface area contributed by atoms with Crippen LogP contribution in [0.5, 0.6) is 0 Å². The summed E-state index contributed by atoms with van der Waals surface area (Å²) in [6.45, 7) is 3.50. The number of nitrogens with zero attached hydrogens (tertiary/aromatic N) is 1. The molecule has 3 rings (SSSR count). The molecule has 0 bridgehead atoms. The molecule has 3 heteroatoms. The van der Waals surface area contributed by atoms with Crippen LogP contribution in [0.15, 0.2) is 12.1 Å². The molecule has 1 aliphatic carbocycles. The quantitative estimate of drug-likeness (QED) is 0.573. The van der Waals surface area contributed by atoms with Crippen LogP contribution in [0, 0.1) is 6.92 Å². The molecular formula is C16H16ClNO. The van der Waals surface area contributed by atoms with Gasteiger partial charge in [-0.1, -0.05) is 11.6 Å². The number of carbonyl (C=O) groups is 1. The van der Waals surface area contributed by atoms with Gasteiger partial charge in [0, 0.05) is 5.39 Å². The van der Waals surface area contributed by atoms with E-state index >= 15 is 0 Å². The molecule has 0 atom stereocenters. The minimum atomic E-state index is -0.0189. The lowest BCUT2D eigenvalue weighted by molar-refractivity contribution is 0.101. The van der Waals surface area contributed by atoms with Gasteiger partial charge in [0.15, 0.2) is 5.78 Å². The lowest BCUT2D eigenvalue weighted by Gasteiger charge is -2.18. The molecule has 2 nitrogen and oxygen atoms in total. The van der Waals surface area contributed by atoms with Crippen molar-refractivity contribution in [2.45, 2.75) is 39.5 Å². The number of aryl methyl sites for hydroxylation is 3. The molecule has 0 saturated carbocycles. The summed E-state index contributed by atoms with van der Waals surface area (Å²) in [6.07, 6.45) is 4.75. The number of halogens is 1. The fraction of sp³-hybridized carbons (Fsp3) is 0.375. The van der Waals surface area contributed by atoms with Crippen molar-refractivity contribution in [2.75, 3.05) is 0 Å². The molecule has 0 unspecified atom stereocenters. The van der Waals surface area contributed by atoms with Crippen molar-refractivity contribution in [1.82, 2.24) is 4.98 Å². The Morgan fingerprint density at radius 3 is 2.47 bits per heavy atom. The molecule has 1 aliphatic rings. The molecule has 0 radical (unpaired) electrons. The van der Waals surface area contributed by atoms with E-state index in [1.54, 1.807) is 6.92 Å². The van der Waals surface area contributed by atoms with E-state index in [1.165, 1.54) is 24.0 Å². The molecule has 1 aromatic heterocycles. The van der Waals surface area contributed by atoms with Gasteiger partial charge < -0.3 is 0 Å². The fourth-order valence-corrected chi connectivity index (χ4v) is 3.39. The van der Waals surface area contributed by atoms with Crippen molar-refractivity contribution in [2.24, 2.45) is 0 Å². The first kappa shape index (κ1) is 12.6. The number of ketones is 1. The SMILES string of the molecule is CC(=O)c1c(Cl)nc2cc3c(cc2c1C)CCCC3. The van der Waals surface area contributed by atoms with Gasteiger partial charge in [0.2, 0.25) is 0 Å². The maximum atomic E-state index is 11.7. The molecule has 19 heavy (non-hydrogen) atoms. The van der Waals surface area contributed by atoms with Crippen LogP contribution in [-0.2, 0) is 12.8 Å². The molecule has 0 saturated heterocycles. The summed E-state index contributed by atoms with van der Waals surface area (Å²) in [5.74, 6) is -0.0189. The van der Waals surface area contributed by atoms with E-state index in [-0.39, 0.29) is 5.78 Å². The van der Waals surface area contributed by atoms with Crippen molar-refractivity contribution >= 4 is 28.3 Å². The number of hydrogen-bond acceptors (Lipinski definition) is 2. The van der Waals surface area contributed by atoms with Crippen LogP contribution >= 0.6 is 11.6 Å². The first-order valence-corrected chi connectivity index (χ1v) is 7.08. The maximum Gasteiger partial charge on any atom is 0.163 e. The third-order valence-electron chi connectivity index (χ3n) is 4.02. The second-order valence-electron chi connectivity index (χ2n) is 5.30. The highest BCUT2D eigenvalue weighted by molar-refractivity contribution is 6.33. The van der Waals surface area contributed by atoms with Gasteiger partial charge in [0.25, 0.3) is 0 Å². The third-order valence-corrected chi connectivity index (χ3v) is 4.29. The van der Waals surface area contributed by atoms with E-state index in [4.69, 9.17) is 11.6 Å². The van der Waals surface area contributed by atoms with Crippen LogP contribution < -0.4 is 0 Å². The smallest absolute Gasteiger partial charge is 0.163 e. The third kappa shape index (κ3) is 2.04. The molecule has 98 valence electrons. The van der Waals surface area contributed by atoms with Crippen molar-refractivity contribution < 1.29 is 4.79 Å². The van der Waals surface area contributed by atoms with Crippen LogP contribution in [0.1, 0.15) is 46.8 Å². The normalized spacial score (nSPS) is 14.5. The van der Waals surface area contributed by atoms with E-state index in [0.29, 0.717) is 10.7 Å². The second kappa shape index (κ2) is 4.61. The number of hydrogen-bond donors (Lipinski definition) is 0. The Labute approximate surface area is 117 Å². The molecular weight excluding hydrogens is 258 g/mol. The summed E-state index contributed by atoms with van der Waals surface area (Å²) < 4.78 is 0. The number of Topliss-reactive ketones (excluding diaryl/α,β-unsaturated/α-hetero) is 1. The highest BCUT2D eigenvalue weighted by atomic mass is 35.5. The number of aromatic nitrogens is 1. The minimum absolute atomic E-state index is 0.0189. The Morgan fingerprint density at radius 2 is 1.84 bits per heavy atom. The summed E-state index contributed by atoms with van der Waals surface area (Å²) in [4.78, 5) is 16.1. The summed E-state index contributed by atoms with van der Waals surface area (Å²) in [5.41, 5.74) is 5.21. The van der Waals surface area contributed by atoms with E-state index < -0.39 is 0 Å². The average Bonchev–Trinajstić information content (AvgIpc) is 2.36. The minimum Gasteiger partial charge on any atom is -0.294 e. The van der Waals surface area contributed by atoms with Gasteiger partial charge in [-0.2, -0.15) is 0 Å². The fourth-order valence-electron chi connectivity index (χ4n) is 3.03. The first-order valence-electron chi connectivity index (χ1n) is 6.70. The Morgan fingerprint density at radius 1 is 1.21 bits per heavy atom. The molecule has 0 N–H and O–H groups in total. The Balaban J connectivity index is 2.33. The van der Waals surface area contributed by atoms with Gasteiger partial charge in [-0.3, -0.25) is 4.79 Å². The van der Waals surface area contributed by atoms with Crippen LogP contribution in [0.3, 0.4) is 0 Å². The highest BCUT2D eigenvalue weighted by Crippen LogP contribution is 2.31. The molecule has 0 aliphatic heterocycles. The molecule has 2 aromatic rings. The summed E-state index contributed by atoms with van der Waals surface area (Å²) in [6, 6.07) is 4.35. The largest absolute Gasteiger partial charge is 0.294 e. The predicted molar refractivity (Wildman–Crippen MR) is 78.1 cm³/mol. The van der Waals surface area contributed by atoms with E-state index in [2.05, 4.69) is 17.1 Å². The van der Waals surface area contributed by atoms with Crippen molar-refractivity contribution in [1.29, 1.82) is 0 Å². The van der Waals surface area contributed by atoms with E-state index in [0.717, 1.165) is 29.3 Å². The van der Waals surface area contributed by atoms with E-state index in [1.807, 2.05) is 6.92 Å².